The van der Waals surface area contributed by atoms with E-state index in [1.807, 2.05) is 0 Å². The van der Waals surface area contributed by atoms with Gasteiger partial charge in [0.25, 0.3) is 0 Å². The molecule has 0 aromatic carbocycles. The molecule has 0 bridgehead atoms. The minimum Gasteiger partial charge on any atom is -0.394 e. The number of nitrogens with one attached hydrogen (secondary N) is 1. The number of aromatic nitrogens is 3. The van der Waals surface area contributed by atoms with E-state index in [4.69, 9.17) is 4.74 Å². The van der Waals surface area contributed by atoms with Gasteiger partial charge in [-0.3, -0.25) is 4.79 Å². The van der Waals surface area contributed by atoms with Gasteiger partial charge in [-0.05, 0) is 6.42 Å². The number of ether oxygens (including phenoxy) is 1. The summed E-state index contributed by atoms with van der Waals surface area (Å²) in [6, 6.07) is 0. The van der Waals surface area contributed by atoms with E-state index in [2.05, 4.69) is 22.6 Å². The molecule has 1 amide bonds. The minimum atomic E-state index is -1.49. The van der Waals surface area contributed by atoms with Crippen molar-refractivity contribution in [3.8, 4) is 0 Å². The predicted molar refractivity (Wildman–Crippen MR) is 113 cm³/mol. The highest BCUT2D eigenvalue weighted by Gasteiger charge is 2.44. The highest BCUT2D eigenvalue weighted by atomic mass is 16.6. The summed E-state index contributed by atoms with van der Waals surface area (Å²) in [5.41, 5.74) is 0.470. The molecule has 1 aliphatic heterocycles. The van der Waals surface area contributed by atoms with Crippen molar-refractivity contribution in [1.82, 2.24) is 20.3 Å². The second-order valence-corrected chi connectivity index (χ2v) is 8.26. The molecule has 0 aliphatic carbocycles. The molecule has 5 atom stereocenters. The van der Waals surface area contributed by atoms with Gasteiger partial charge >= 0.3 is 0 Å². The van der Waals surface area contributed by atoms with Crippen LogP contribution < -0.4 is 5.32 Å². The van der Waals surface area contributed by atoms with Crippen LogP contribution in [-0.4, -0.2) is 72.3 Å². The number of carbonyl (C=O) groups is 1. The third kappa shape index (κ3) is 8.12. The molecule has 2 rings (SSSR count). The summed E-state index contributed by atoms with van der Waals surface area (Å²) in [6.45, 7) is 1.89. The zero-order valence-corrected chi connectivity index (χ0v) is 18.4. The van der Waals surface area contributed by atoms with Crippen LogP contribution >= 0.6 is 0 Å². The third-order valence-electron chi connectivity index (χ3n) is 5.66. The second kappa shape index (κ2) is 13.7. The van der Waals surface area contributed by atoms with E-state index in [0.717, 1.165) is 19.3 Å². The summed E-state index contributed by atoms with van der Waals surface area (Å²) in [6.07, 6.45) is 6.26. The molecule has 0 unspecified atom stereocenters. The summed E-state index contributed by atoms with van der Waals surface area (Å²) in [4.78, 5) is 12.0. The SMILES string of the molecule is CCCCCCCCCCCC(=O)NCc1cn([C@@H]2O[C@H](CO)[C@@H](O)[C@H](O)[C@H]2O)nn1. The van der Waals surface area contributed by atoms with Crippen molar-refractivity contribution in [2.24, 2.45) is 0 Å². The molecule has 10 heteroatoms. The van der Waals surface area contributed by atoms with Gasteiger partial charge in [-0.1, -0.05) is 63.5 Å². The summed E-state index contributed by atoms with van der Waals surface area (Å²) < 4.78 is 6.64. The van der Waals surface area contributed by atoms with Crippen molar-refractivity contribution in [1.29, 1.82) is 0 Å². The number of aliphatic hydroxyl groups excluding tert-OH is 4. The fraction of sp³-hybridized carbons (Fsp3) is 0.857. The fourth-order valence-electron chi connectivity index (χ4n) is 3.69. The van der Waals surface area contributed by atoms with Gasteiger partial charge in [-0.25, -0.2) is 4.68 Å². The molecule has 5 N–H and O–H groups in total. The van der Waals surface area contributed by atoms with Crippen LogP contribution in [0.2, 0.25) is 0 Å². The van der Waals surface area contributed by atoms with Gasteiger partial charge in [-0.2, -0.15) is 0 Å². The van der Waals surface area contributed by atoms with Gasteiger partial charge in [0.05, 0.1) is 19.3 Å². The molecule has 0 spiro atoms. The minimum absolute atomic E-state index is 0.0506. The van der Waals surface area contributed by atoms with Gasteiger partial charge < -0.3 is 30.5 Å². The Morgan fingerprint density at radius 1 is 1.03 bits per heavy atom. The Balaban J connectivity index is 1.66. The van der Waals surface area contributed by atoms with Gasteiger partial charge in [0.2, 0.25) is 5.91 Å². The second-order valence-electron chi connectivity index (χ2n) is 8.26. The Kier molecular flexibility index (Phi) is 11.4. The van der Waals surface area contributed by atoms with Gasteiger partial charge in [0.15, 0.2) is 6.23 Å². The van der Waals surface area contributed by atoms with Crippen molar-refractivity contribution < 1.29 is 30.0 Å². The Morgan fingerprint density at radius 3 is 2.32 bits per heavy atom. The van der Waals surface area contributed by atoms with Crippen molar-refractivity contribution >= 4 is 5.91 Å². The lowest BCUT2D eigenvalue weighted by Crippen LogP contribution is -2.56. The normalized spacial score (nSPS) is 26.2. The molecule has 0 radical (unpaired) electrons. The van der Waals surface area contributed by atoms with Gasteiger partial charge in [0.1, 0.15) is 30.1 Å². The predicted octanol–water partition coefficient (Wildman–Crippen LogP) is 0.788. The van der Waals surface area contributed by atoms with Gasteiger partial charge in [-0.15, -0.1) is 5.10 Å². The standard InChI is InChI=1S/C21H38N4O6/c1-2-3-4-5-6-7-8-9-10-11-17(27)22-12-15-13-25(24-23-15)21-20(30)19(29)18(28)16(14-26)31-21/h13,16,18-21,26,28-30H,2-12,14H2,1H3,(H,22,27)/t16-,18-,19+,20-,21-/m1/s1. The van der Waals surface area contributed by atoms with Crippen LogP contribution in [0.3, 0.4) is 0 Å². The third-order valence-corrected chi connectivity index (χ3v) is 5.66. The number of carbonyl (C=O) groups excluding carboxylic acids is 1. The maximum Gasteiger partial charge on any atom is 0.220 e. The molecular weight excluding hydrogens is 404 g/mol. The number of hydrogen-bond acceptors (Lipinski definition) is 8. The van der Waals surface area contributed by atoms with Crippen molar-refractivity contribution in [3.05, 3.63) is 11.9 Å². The fourth-order valence-corrected chi connectivity index (χ4v) is 3.69. The molecule has 1 aromatic heterocycles. The van der Waals surface area contributed by atoms with Crippen LogP contribution in [0, 0.1) is 0 Å². The molecule has 1 aromatic rings. The molecule has 1 saturated heterocycles. The first-order valence-electron chi connectivity index (χ1n) is 11.5. The molecule has 2 heterocycles. The summed E-state index contributed by atoms with van der Waals surface area (Å²) in [5, 5.41) is 49.8. The Bertz CT molecular complexity index is 641. The number of amides is 1. The van der Waals surface area contributed by atoms with E-state index in [0.29, 0.717) is 12.1 Å². The van der Waals surface area contributed by atoms with Crippen LogP contribution in [0.4, 0.5) is 0 Å². The first-order chi connectivity index (χ1) is 15.0. The van der Waals surface area contributed by atoms with E-state index in [9.17, 15) is 25.2 Å². The smallest absolute Gasteiger partial charge is 0.220 e. The number of unbranched alkanes of at least 4 members (excludes halogenated alkanes) is 8. The molecule has 178 valence electrons. The van der Waals surface area contributed by atoms with E-state index < -0.39 is 37.3 Å². The topological polar surface area (TPSA) is 150 Å². The highest BCUT2D eigenvalue weighted by molar-refractivity contribution is 5.75. The average Bonchev–Trinajstić information content (AvgIpc) is 3.24. The zero-order valence-electron chi connectivity index (χ0n) is 18.4. The summed E-state index contributed by atoms with van der Waals surface area (Å²) in [7, 11) is 0. The number of rotatable bonds is 14. The maximum absolute atomic E-state index is 12.0. The summed E-state index contributed by atoms with van der Waals surface area (Å²) >= 11 is 0. The highest BCUT2D eigenvalue weighted by Crippen LogP contribution is 2.27. The zero-order chi connectivity index (χ0) is 22.6. The Labute approximate surface area is 183 Å². The monoisotopic (exact) mass is 442 g/mol. The number of nitrogens with zero attached hydrogens (tertiary/aromatic N) is 3. The lowest BCUT2D eigenvalue weighted by Gasteiger charge is -2.39. The molecule has 0 saturated carbocycles. The van der Waals surface area contributed by atoms with E-state index in [1.165, 1.54) is 49.4 Å². The van der Waals surface area contributed by atoms with Crippen molar-refractivity contribution in [2.45, 2.75) is 108 Å². The molecule has 10 nitrogen and oxygen atoms in total. The molecule has 1 fully saturated rings. The Morgan fingerprint density at radius 2 is 1.68 bits per heavy atom. The largest absolute Gasteiger partial charge is 0.394 e. The maximum atomic E-state index is 12.0. The van der Waals surface area contributed by atoms with Crippen molar-refractivity contribution in [2.75, 3.05) is 6.61 Å². The first-order valence-corrected chi connectivity index (χ1v) is 11.5. The lowest BCUT2D eigenvalue weighted by molar-refractivity contribution is -0.254. The molecule has 31 heavy (non-hydrogen) atoms. The van der Waals surface area contributed by atoms with Crippen LogP contribution in [0.1, 0.15) is 83.1 Å². The number of aliphatic hydroxyl groups is 4. The quantitative estimate of drug-likeness (QED) is 0.265. The van der Waals surface area contributed by atoms with Crippen LogP contribution in [-0.2, 0) is 16.1 Å². The Hall–Kier alpha value is -1.59. The van der Waals surface area contributed by atoms with Crippen molar-refractivity contribution in [3.63, 3.8) is 0 Å². The average molecular weight is 443 g/mol. The lowest BCUT2D eigenvalue weighted by atomic mass is 9.98. The van der Waals surface area contributed by atoms with E-state index in [-0.39, 0.29) is 12.5 Å². The van der Waals surface area contributed by atoms with Crippen LogP contribution in [0.25, 0.3) is 0 Å². The molecule has 1 aliphatic rings. The molecular formula is C21H38N4O6. The van der Waals surface area contributed by atoms with Crippen LogP contribution in [0.15, 0.2) is 6.20 Å². The first kappa shape index (κ1) is 25.7. The summed E-state index contributed by atoms with van der Waals surface area (Å²) in [5.74, 6) is -0.0506. The van der Waals surface area contributed by atoms with Crippen LogP contribution in [0.5, 0.6) is 0 Å². The van der Waals surface area contributed by atoms with E-state index in [1.54, 1.807) is 0 Å². The number of hydrogen-bond donors (Lipinski definition) is 5. The van der Waals surface area contributed by atoms with Gasteiger partial charge in [0, 0.05) is 6.42 Å². The van der Waals surface area contributed by atoms with E-state index >= 15 is 0 Å².